The van der Waals surface area contributed by atoms with Crippen LogP contribution in [0.4, 0.5) is 0 Å². The molecule has 1 aromatic carbocycles. The molecule has 0 heterocycles. The van der Waals surface area contributed by atoms with E-state index in [1.165, 1.54) is 11.1 Å². The lowest BCUT2D eigenvalue weighted by Gasteiger charge is -2.10. The molecule has 0 amide bonds. The summed E-state index contributed by atoms with van der Waals surface area (Å²) in [6, 6.07) is 6.39. The lowest BCUT2D eigenvalue weighted by molar-refractivity contribution is 0.0142. The van der Waals surface area contributed by atoms with Crippen LogP contribution in [0, 0.1) is 0 Å². The van der Waals surface area contributed by atoms with Crippen molar-refractivity contribution in [1.29, 1.82) is 0 Å². The zero-order chi connectivity index (χ0) is 14.1. The summed E-state index contributed by atoms with van der Waals surface area (Å²) in [6.45, 7) is 9.94. The number of benzene rings is 1. The van der Waals surface area contributed by atoms with Crippen LogP contribution in [0.3, 0.4) is 0 Å². The van der Waals surface area contributed by atoms with Crippen LogP contribution in [0.2, 0.25) is 0 Å². The molecule has 0 unspecified atom stereocenters. The van der Waals surface area contributed by atoms with Crippen molar-refractivity contribution in [2.24, 2.45) is 0 Å². The minimum atomic E-state index is 0.265. The zero-order valence-corrected chi connectivity index (χ0v) is 13.6. The first-order chi connectivity index (χ1) is 9.13. The van der Waals surface area contributed by atoms with E-state index in [0.29, 0.717) is 19.8 Å². The molecule has 0 bridgehead atoms. The molecule has 4 heteroatoms. The van der Waals surface area contributed by atoms with E-state index in [1.54, 1.807) is 0 Å². The molecule has 1 aromatic rings. The number of nitrogens with one attached hydrogen (secondary N) is 1. The quantitative estimate of drug-likeness (QED) is 0.703. The van der Waals surface area contributed by atoms with Gasteiger partial charge < -0.3 is 14.8 Å². The van der Waals surface area contributed by atoms with Crippen molar-refractivity contribution < 1.29 is 9.47 Å². The van der Waals surface area contributed by atoms with E-state index in [0.717, 1.165) is 17.6 Å². The van der Waals surface area contributed by atoms with Crippen molar-refractivity contribution in [2.45, 2.75) is 40.0 Å². The number of hydrogen-bond acceptors (Lipinski definition) is 3. The third-order valence-corrected chi connectivity index (χ3v) is 3.37. The second-order valence-corrected chi connectivity index (χ2v) is 5.53. The van der Waals surface area contributed by atoms with Crippen LogP contribution in [0.5, 0.6) is 0 Å². The number of ether oxygens (including phenoxy) is 2. The van der Waals surface area contributed by atoms with E-state index in [2.05, 4.69) is 46.4 Å². The molecule has 1 N–H and O–H groups in total. The van der Waals surface area contributed by atoms with Gasteiger partial charge in [-0.1, -0.05) is 35.0 Å². The van der Waals surface area contributed by atoms with Gasteiger partial charge in [0.05, 0.1) is 25.9 Å². The summed E-state index contributed by atoms with van der Waals surface area (Å²) >= 11 is 3.59. The standard InChI is InChI=1S/C15H24BrNO2/c1-4-17-10-13-5-6-14(15(16)9-13)11-18-7-8-19-12(2)3/h5-6,9,12,17H,4,7-8,10-11H2,1-3H3. The molecule has 0 radical (unpaired) electrons. The Balaban J connectivity index is 2.33. The largest absolute Gasteiger partial charge is 0.376 e. The van der Waals surface area contributed by atoms with Gasteiger partial charge >= 0.3 is 0 Å². The van der Waals surface area contributed by atoms with Crippen molar-refractivity contribution in [1.82, 2.24) is 5.32 Å². The molecule has 0 aliphatic heterocycles. The average Bonchev–Trinajstić information content (AvgIpc) is 2.37. The van der Waals surface area contributed by atoms with Crippen LogP contribution in [-0.4, -0.2) is 25.9 Å². The highest BCUT2D eigenvalue weighted by Gasteiger charge is 2.02. The van der Waals surface area contributed by atoms with Crippen molar-refractivity contribution in [3.05, 3.63) is 33.8 Å². The molecular formula is C15H24BrNO2. The summed E-state index contributed by atoms with van der Waals surface area (Å²) < 4.78 is 12.1. The fraction of sp³-hybridized carbons (Fsp3) is 0.600. The summed E-state index contributed by atoms with van der Waals surface area (Å²) in [7, 11) is 0. The average molecular weight is 330 g/mol. The molecule has 0 aliphatic rings. The summed E-state index contributed by atoms with van der Waals surface area (Å²) in [4.78, 5) is 0. The zero-order valence-electron chi connectivity index (χ0n) is 12.0. The van der Waals surface area contributed by atoms with Crippen molar-refractivity contribution >= 4 is 15.9 Å². The molecule has 0 saturated carbocycles. The van der Waals surface area contributed by atoms with Gasteiger partial charge in [-0.25, -0.2) is 0 Å². The number of halogens is 1. The Morgan fingerprint density at radius 3 is 2.68 bits per heavy atom. The van der Waals surface area contributed by atoms with Crippen LogP contribution in [0.25, 0.3) is 0 Å². The Bertz CT molecular complexity index is 369. The SMILES string of the molecule is CCNCc1ccc(COCCOC(C)C)c(Br)c1. The van der Waals surface area contributed by atoms with Crippen LogP contribution >= 0.6 is 15.9 Å². The summed E-state index contributed by atoms with van der Waals surface area (Å²) in [6.07, 6.45) is 0.265. The molecule has 0 aromatic heterocycles. The van der Waals surface area contributed by atoms with E-state index < -0.39 is 0 Å². The van der Waals surface area contributed by atoms with Gasteiger partial charge in [-0.05, 0) is 37.6 Å². The highest BCUT2D eigenvalue weighted by molar-refractivity contribution is 9.10. The minimum Gasteiger partial charge on any atom is -0.376 e. The molecule has 0 saturated heterocycles. The van der Waals surface area contributed by atoms with Crippen molar-refractivity contribution in [3.8, 4) is 0 Å². The fourth-order valence-electron chi connectivity index (χ4n) is 1.61. The van der Waals surface area contributed by atoms with Gasteiger partial charge in [-0.2, -0.15) is 0 Å². The van der Waals surface area contributed by atoms with E-state index in [-0.39, 0.29) is 6.10 Å². The minimum absolute atomic E-state index is 0.265. The molecule has 0 atom stereocenters. The Morgan fingerprint density at radius 1 is 1.26 bits per heavy atom. The maximum atomic E-state index is 5.60. The first-order valence-corrected chi connectivity index (χ1v) is 7.60. The van der Waals surface area contributed by atoms with E-state index in [9.17, 15) is 0 Å². The maximum absolute atomic E-state index is 5.60. The van der Waals surface area contributed by atoms with E-state index >= 15 is 0 Å². The van der Waals surface area contributed by atoms with Gasteiger partial charge in [-0.15, -0.1) is 0 Å². The Labute approximate surface area is 124 Å². The summed E-state index contributed by atoms with van der Waals surface area (Å²) in [5.41, 5.74) is 2.45. The monoisotopic (exact) mass is 329 g/mol. The van der Waals surface area contributed by atoms with Crippen LogP contribution in [0.1, 0.15) is 31.9 Å². The van der Waals surface area contributed by atoms with Gasteiger partial charge in [0.2, 0.25) is 0 Å². The number of hydrogen-bond donors (Lipinski definition) is 1. The molecule has 108 valence electrons. The fourth-order valence-corrected chi connectivity index (χ4v) is 2.15. The van der Waals surface area contributed by atoms with Crippen LogP contribution in [0.15, 0.2) is 22.7 Å². The number of rotatable bonds is 9. The van der Waals surface area contributed by atoms with Crippen LogP contribution < -0.4 is 5.32 Å². The Hall–Kier alpha value is -0.420. The van der Waals surface area contributed by atoms with E-state index in [4.69, 9.17) is 9.47 Å². The van der Waals surface area contributed by atoms with Crippen molar-refractivity contribution in [2.75, 3.05) is 19.8 Å². The van der Waals surface area contributed by atoms with Gasteiger partial charge in [0, 0.05) is 11.0 Å². The van der Waals surface area contributed by atoms with Gasteiger partial charge in [0.15, 0.2) is 0 Å². The lowest BCUT2D eigenvalue weighted by atomic mass is 10.1. The first kappa shape index (κ1) is 16.6. The lowest BCUT2D eigenvalue weighted by Crippen LogP contribution is -2.12. The maximum Gasteiger partial charge on any atom is 0.0728 e. The van der Waals surface area contributed by atoms with Gasteiger partial charge in [0.25, 0.3) is 0 Å². The molecule has 0 aliphatic carbocycles. The smallest absolute Gasteiger partial charge is 0.0728 e. The second-order valence-electron chi connectivity index (χ2n) is 4.68. The highest BCUT2D eigenvalue weighted by Crippen LogP contribution is 2.19. The second kappa shape index (κ2) is 9.48. The first-order valence-electron chi connectivity index (χ1n) is 6.80. The highest BCUT2D eigenvalue weighted by atomic mass is 79.9. The predicted molar refractivity (Wildman–Crippen MR) is 82.3 cm³/mol. The Kier molecular flexibility index (Phi) is 8.30. The van der Waals surface area contributed by atoms with Crippen LogP contribution in [-0.2, 0) is 22.6 Å². The topological polar surface area (TPSA) is 30.5 Å². The molecule has 3 nitrogen and oxygen atoms in total. The van der Waals surface area contributed by atoms with Gasteiger partial charge in [0.1, 0.15) is 0 Å². The third-order valence-electron chi connectivity index (χ3n) is 2.63. The van der Waals surface area contributed by atoms with Crippen molar-refractivity contribution in [3.63, 3.8) is 0 Å². The Morgan fingerprint density at radius 2 is 2.05 bits per heavy atom. The third kappa shape index (κ3) is 7.06. The molecule has 0 spiro atoms. The predicted octanol–water partition coefficient (Wildman–Crippen LogP) is 3.50. The molecule has 1 rings (SSSR count). The molecule has 0 fully saturated rings. The molecular weight excluding hydrogens is 306 g/mol. The normalized spacial score (nSPS) is 11.2. The van der Waals surface area contributed by atoms with Gasteiger partial charge in [-0.3, -0.25) is 0 Å². The van der Waals surface area contributed by atoms with E-state index in [1.807, 2.05) is 13.8 Å². The molecule has 19 heavy (non-hydrogen) atoms. The summed E-state index contributed by atoms with van der Waals surface area (Å²) in [5.74, 6) is 0. The summed E-state index contributed by atoms with van der Waals surface area (Å²) in [5, 5.41) is 3.31.